The summed E-state index contributed by atoms with van der Waals surface area (Å²) < 4.78 is 5.96. The summed E-state index contributed by atoms with van der Waals surface area (Å²) in [5, 5.41) is 10.9. The van der Waals surface area contributed by atoms with Crippen molar-refractivity contribution in [3.05, 3.63) is 53.8 Å². The number of pyridine rings is 1. The lowest BCUT2D eigenvalue weighted by Crippen LogP contribution is -2.25. The number of nitrogens with zero attached hydrogens (tertiary/aromatic N) is 3. The Hall–Kier alpha value is -2.17. The van der Waals surface area contributed by atoms with E-state index >= 15 is 0 Å². The molecule has 15 heavy (non-hydrogen) atoms. The molecule has 0 unspecified atom stereocenters. The molecule has 0 aliphatic rings. The predicted molar refractivity (Wildman–Crippen MR) is 50.6 cm³/mol. The number of rotatable bonds is 3. The van der Waals surface area contributed by atoms with Crippen LogP contribution in [0.15, 0.2) is 36.8 Å². The monoisotopic (exact) mass is 202 g/mol. The van der Waals surface area contributed by atoms with E-state index in [4.69, 9.17) is 4.74 Å². The SMILES string of the molecule is [O-][n+]1cccc(COc2n[c]ccn2)c1. The van der Waals surface area contributed by atoms with Crippen LogP contribution in [0.1, 0.15) is 5.56 Å². The van der Waals surface area contributed by atoms with Gasteiger partial charge in [-0.2, -0.15) is 9.71 Å². The van der Waals surface area contributed by atoms with E-state index in [1.807, 2.05) is 0 Å². The lowest BCUT2D eigenvalue weighted by atomic mass is 10.3. The van der Waals surface area contributed by atoms with Crippen LogP contribution < -0.4 is 9.47 Å². The Morgan fingerprint density at radius 3 is 3.20 bits per heavy atom. The van der Waals surface area contributed by atoms with Gasteiger partial charge >= 0.3 is 6.01 Å². The Bertz CT molecular complexity index is 434. The summed E-state index contributed by atoms with van der Waals surface area (Å²) in [5.41, 5.74) is 0.764. The van der Waals surface area contributed by atoms with Crippen molar-refractivity contribution in [2.75, 3.05) is 0 Å². The Morgan fingerprint density at radius 1 is 1.53 bits per heavy atom. The first-order chi connectivity index (χ1) is 7.34. The second kappa shape index (κ2) is 4.36. The minimum atomic E-state index is 0.249. The molecule has 0 aromatic carbocycles. The van der Waals surface area contributed by atoms with E-state index in [-0.39, 0.29) is 12.6 Å². The Balaban J connectivity index is 1.99. The van der Waals surface area contributed by atoms with Crippen LogP contribution >= 0.6 is 0 Å². The molecule has 75 valence electrons. The van der Waals surface area contributed by atoms with Crippen LogP contribution in [0.25, 0.3) is 0 Å². The fourth-order valence-electron chi connectivity index (χ4n) is 1.06. The van der Waals surface area contributed by atoms with Crippen LogP contribution in [0.4, 0.5) is 0 Å². The summed E-state index contributed by atoms with van der Waals surface area (Å²) in [6.45, 7) is 0.265. The van der Waals surface area contributed by atoms with Crippen molar-refractivity contribution < 1.29 is 9.47 Å². The highest BCUT2D eigenvalue weighted by Gasteiger charge is 2.00. The Kier molecular flexibility index (Phi) is 2.73. The summed E-state index contributed by atoms with van der Waals surface area (Å²) in [5.74, 6) is 0. The van der Waals surface area contributed by atoms with Gasteiger partial charge in [-0.25, -0.2) is 4.98 Å². The van der Waals surface area contributed by atoms with Crippen molar-refractivity contribution in [3.8, 4) is 6.01 Å². The quantitative estimate of drug-likeness (QED) is 0.536. The van der Waals surface area contributed by atoms with Crippen molar-refractivity contribution in [1.29, 1.82) is 0 Å². The van der Waals surface area contributed by atoms with Gasteiger partial charge in [0.15, 0.2) is 12.4 Å². The van der Waals surface area contributed by atoms with Crippen LogP contribution in [0.5, 0.6) is 6.01 Å². The van der Waals surface area contributed by atoms with Crippen molar-refractivity contribution in [2.45, 2.75) is 6.61 Å². The lowest BCUT2D eigenvalue weighted by molar-refractivity contribution is -0.606. The highest BCUT2D eigenvalue weighted by molar-refractivity contribution is 5.05. The molecule has 5 nitrogen and oxygen atoms in total. The van der Waals surface area contributed by atoms with E-state index < -0.39 is 0 Å². The number of hydrogen-bond donors (Lipinski definition) is 0. The van der Waals surface area contributed by atoms with Gasteiger partial charge in [0.1, 0.15) is 6.61 Å². The maximum absolute atomic E-state index is 10.9. The second-order valence-corrected chi connectivity index (χ2v) is 2.83. The number of ether oxygens (including phenoxy) is 1. The first-order valence-electron chi connectivity index (χ1n) is 4.34. The molecule has 0 saturated carbocycles. The molecule has 0 bridgehead atoms. The molecular formula is C10H8N3O2. The van der Waals surface area contributed by atoms with Crippen molar-refractivity contribution in [2.24, 2.45) is 0 Å². The van der Waals surface area contributed by atoms with Gasteiger partial charge in [-0.3, -0.25) is 0 Å². The minimum absolute atomic E-state index is 0.249. The fourth-order valence-corrected chi connectivity index (χ4v) is 1.06. The standard InChI is InChI=1S/C10H8N3O2/c14-13-6-1-3-9(7-13)8-15-10-11-4-2-5-12-10/h1-4,6-7H,8H2. The first kappa shape index (κ1) is 9.39. The molecule has 0 fully saturated rings. The van der Waals surface area contributed by atoms with Gasteiger partial charge in [-0.1, -0.05) is 0 Å². The molecule has 0 N–H and O–H groups in total. The summed E-state index contributed by atoms with van der Waals surface area (Å²) in [4.78, 5) is 7.64. The van der Waals surface area contributed by atoms with E-state index in [1.165, 1.54) is 12.4 Å². The summed E-state index contributed by atoms with van der Waals surface area (Å²) >= 11 is 0. The zero-order chi connectivity index (χ0) is 10.5. The van der Waals surface area contributed by atoms with Crippen LogP contribution in [0.2, 0.25) is 0 Å². The topological polar surface area (TPSA) is 62.0 Å². The largest absolute Gasteiger partial charge is 0.619 e. The minimum Gasteiger partial charge on any atom is -0.619 e. The highest BCUT2D eigenvalue weighted by Crippen LogP contribution is 2.02. The molecule has 2 rings (SSSR count). The van der Waals surface area contributed by atoms with Crippen molar-refractivity contribution in [3.63, 3.8) is 0 Å². The third-order valence-corrected chi connectivity index (χ3v) is 1.70. The van der Waals surface area contributed by atoms with E-state index in [9.17, 15) is 5.21 Å². The molecule has 0 atom stereocenters. The average molecular weight is 202 g/mol. The Morgan fingerprint density at radius 2 is 2.47 bits per heavy atom. The van der Waals surface area contributed by atoms with E-state index in [0.717, 1.165) is 10.3 Å². The molecule has 0 aliphatic carbocycles. The lowest BCUT2D eigenvalue weighted by Gasteiger charge is -2.02. The molecule has 0 saturated heterocycles. The smallest absolute Gasteiger partial charge is 0.317 e. The molecule has 2 aromatic heterocycles. The first-order valence-corrected chi connectivity index (χ1v) is 4.34. The maximum atomic E-state index is 10.9. The highest BCUT2D eigenvalue weighted by atomic mass is 16.5. The molecule has 0 amide bonds. The zero-order valence-corrected chi connectivity index (χ0v) is 7.83. The van der Waals surface area contributed by atoms with Gasteiger partial charge in [-0.15, -0.1) is 0 Å². The summed E-state index contributed by atoms with van der Waals surface area (Å²) in [6, 6.07) is 5.28. The number of aromatic nitrogens is 3. The van der Waals surface area contributed by atoms with Gasteiger partial charge in [0.2, 0.25) is 0 Å². The van der Waals surface area contributed by atoms with Gasteiger partial charge in [0, 0.05) is 12.3 Å². The van der Waals surface area contributed by atoms with Crippen LogP contribution in [0.3, 0.4) is 0 Å². The van der Waals surface area contributed by atoms with E-state index in [1.54, 1.807) is 24.4 Å². The van der Waals surface area contributed by atoms with Gasteiger partial charge < -0.3 is 9.94 Å². The average Bonchev–Trinajstić information content (AvgIpc) is 2.28. The molecular weight excluding hydrogens is 194 g/mol. The van der Waals surface area contributed by atoms with Gasteiger partial charge in [0.05, 0.1) is 11.8 Å². The zero-order valence-electron chi connectivity index (χ0n) is 7.83. The molecule has 5 heteroatoms. The molecule has 0 spiro atoms. The molecule has 1 radical (unpaired) electrons. The second-order valence-electron chi connectivity index (χ2n) is 2.83. The summed E-state index contributed by atoms with van der Waals surface area (Å²) in [6.07, 6.45) is 7.00. The van der Waals surface area contributed by atoms with Crippen LogP contribution in [-0.4, -0.2) is 9.97 Å². The van der Waals surface area contributed by atoms with Crippen molar-refractivity contribution in [1.82, 2.24) is 9.97 Å². The summed E-state index contributed by atoms with van der Waals surface area (Å²) in [7, 11) is 0. The molecule has 2 heterocycles. The maximum Gasteiger partial charge on any atom is 0.317 e. The predicted octanol–water partition coefficient (Wildman–Crippen LogP) is 0.489. The number of hydrogen-bond acceptors (Lipinski definition) is 4. The molecule has 0 aliphatic heterocycles. The van der Waals surface area contributed by atoms with Gasteiger partial charge in [0.25, 0.3) is 0 Å². The van der Waals surface area contributed by atoms with E-state index in [0.29, 0.717) is 0 Å². The van der Waals surface area contributed by atoms with Crippen LogP contribution in [0, 0.1) is 11.4 Å². The van der Waals surface area contributed by atoms with E-state index in [2.05, 4.69) is 16.2 Å². The third-order valence-electron chi connectivity index (χ3n) is 1.70. The van der Waals surface area contributed by atoms with Crippen LogP contribution in [-0.2, 0) is 6.61 Å². The van der Waals surface area contributed by atoms with Gasteiger partial charge in [-0.05, 0) is 12.1 Å². The fraction of sp³-hybridized carbons (Fsp3) is 0.100. The Labute approximate surface area is 86.6 Å². The molecule has 2 aromatic rings. The van der Waals surface area contributed by atoms with Crippen molar-refractivity contribution >= 4 is 0 Å². The normalized spacial score (nSPS) is 9.87. The third kappa shape index (κ3) is 2.63.